The summed E-state index contributed by atoms with van der Waals surface area (Å²) in [5, 5.41) is 0.434. The molecule has 146 valence electrons. The van der Waals surface area contributed by atoms with E-state index in [0.717, 1.165) is 20.3 Å². The molecular weight excluding hydrogens is 422 g/mol. The fraction of sp³-hybridized carbons (Fsp3) is 0.235. The van der Waals surface area contributed by atoms with E-state index in [1.807, 2.05) is 6.07 Å². The van der Waals surface area contributed by atoms with E-state index in [1.165, 1.54) is 24.8 Å². The average Bonchev–Trinajstić information content (AvgIpc) is 3.29. The quantitative estimate of drug-likeness (QED) is 0.673. The molecule has 11 heteroatoms. The fourth-order valence-electron chi connectivity index (χ4n) is 3.01. The number of guanidine groups is 1. The molecule has 8 nitrogen and oxygen atoms in total. The topological polar surface area (TPSA) is 115 Å². The Kier molecular flexibility index (Phi) is 4.44. The Morgan fingerprint density at radius 3 is 2.68 bits per heavy atom. The molecule has 4 rings (SSSR count). The van der Waals surface area contributed by atoms with Gasteiger partial charge in [0.05, 0.1) is 21.8 Å². The molecule has 28 heavy (non-hydrogen) atoms. The minimum atomic E-state index is -3.58. The van der Waals surface area contributed by atoms with Crippen molar-refractivity contribution >= 4 is 38.9 Å². The van der Waals surface area contributed by atoms with Crippen LogP contribution in [-0.2, 0) is 15.6 Å². The number of nitrogens with two attached hydrogens (primary N) is 1. The van der Waals surface area contributed by atoms with Crippen molar-refractivity contribution in [1.82, 2.24) is 14.3 Å². The van der Waals surface area contributed by atoms with E-state index < -0.39 is 15.6 Å². The Hall–Kier alpha value is -2.43. The van der Waals surface area contributed by atoms with Gasteiger partial charge in [0.25, 0.3) is 0 Å². The lowest BCUT2D eigenvalue weighted by atomic mass is 10.0. The number of sulfonamides is 1. The van der Waals surface area contributed by atoms with Gasteiger partial charge in [-0.2, -0.15) is 0 Å². The molecule has 1 aliphatic rings. The van der Waals surface area contributed by atoms with Gasteiger partial charge in [0.1, 0.15) is 5.54 Å². The average molecular weight is 438 g/mol. The van der Waals surface area contributed by atoms with Crippen molar-refractivity contribution in [2.24, 2.45) is 10.7 Å². The van der Waals surface area contributed by atoms with Crippen molar-refractivity contribution in [2.45, 2.75) is 12.5 Å². The zero-order chi connectivity index (χ0) is 20.1. The largest absolute Gasteiger partial charge is 0.443 e. The number of aliphatic imine (C=N–C) groups is 1. The molecule has 0 bridgehead atoms. The van der Waals surface area contributed by atoms with E-state index in [0.29, 0.717) is 15.7 Å². The van der Waals surface area contributed by atoms with Crippen LogP contribution in [0.25, 0.3) is 21.8 Å². The Morgan fingerprint density at radius 2 is 2.00 bits per heavy atom. The number of nitrogens with zero attached hydrogens (tertiary/aromatic N) is 4. The molecule has 0 fully saturated rings. The van der Waals surface area contributed by atoms with E-state index in [1.54, 1.807) is 31.6 Å². The molecular formula is C17H16ClN5O3S2. The third-order valence-electron chi connectivity index (χ3n) is 4.48. The lowest BCUT2D eigenvalue weighted by Gasteiger charge is -2.33. The van der Waals surface area contributed by atoms with Crippen LogP contribution < -0.4 is 5.73 Å². The van der Waals surface area contributed by atoms with Gasteiger partial charge in [-0.3, -0.25) is 4.98 Å². The van der Waals surface area contributed by atoms with Crippen LogP contribution in [0.3, 0.4) is 0 Å². The van der Waals surface area contributed by atoms with Crippen molar-refractivity contribution in [1.29, 1.82) is 0 Å². The van der Waals surface area contributed by atoms with Gasteiger partial charge in [-0.15, -0.1) is 11.3 Å². The smallest absolute Gasteiger partial charge is 0.239 e. The molecule has 2 N–H and O–H groups in total. The number of rotatable bonds is 3. The van der Waals surface area contributed by atoms with Crippen molar-refractivity contribution in [3.63, 3.8) is 0 Å². The molecule has 0 saturated heterocycles. The zero-order valence-electron chi connectivity index (χ0n) is 15.0. The van der Waals surface area contributed by atoms with Crippen LogP contribution in [0.4, 0.5) is 0 Å². The number of pyridine rings is 1. The Labute approximate surface area is 170 Å². The summed E-state index contributed by atoms with van der Waals surface area (Å²) in [6.07, 6.45) is 6.34. The first kappa shape index (κ1) is 18.9. The Morgan fingerprint density at radius 1 is 1.25 bits per heavy atom. The monoisotopic (exact) mass is 437 g/mol. The van der Waals surface area contributed by atoms with Crippen LogP contribution in [0, 0.1) is 0 Å². The molecule has 0 unspecified atom stereocenters. The van der Waals surface area contributed by atoms with E-state index in [2.05, 4.69) is 15.0 Å². The molecule has 3 aromatic heterocycles. The summed E-state index contributed by atoms with van der Waals surface area (Å²) in [7, 11) is -2.20. The highest BCUT2D eigenvalue weighted by Crippen LogP contribution is 2.44. The van der Waals surface area contributed by atoms with E-state index in [9.17, 15) is 8.42 Å². The summed E-state index contributed by atoms with van der Waals surface area (Å²) in [6, 6.07) is 3.69. The maximum absolute atomic E-state index is 12.4. The van der Waals surface area contributed by atoms with Crippen molar-refractivity contribution in [2.75, 3.05) is 12.8 Å². The van der Waals surface area contributed by atoms with Crippen LogP contribution in [0.5, 0.6) is 0 Å². The number of thiophene rings is 1. The first-order chi connectivity index (χ1) is 13.2. The number of hydrogen-bond acceptors (Lipinski definition) is 8. The maximum atomic E-state index is 12.4. The van der Waals surface area contributed by atoms with Gasteiger partial charge >= 0.3 is 0 Å². The molecule has 0 spiro atoms. The lowest BCUT2D eigenvalue weighted by Crippen LogP contribution is -2.50. The highest BCUT2D eigenvalue weighted by atomic mass is 35.5. The van der Waals surface area contributed by atoms with E-state index in [-0.39, 0.29) is 11.7 Å². The number of halogens is 1. The van der Waals surface area contributed by atoms with Gasteiger partial charge in [0, 0.05) is 35.4 Å². The SMILES string of the molecule is CN1C(N)=N[C@](C)(c2sc(-c3cncc(-c4cnco4)c3)cc2Cl)CS1(=O)=O. The summed E-state index contributed by atoms with van der Waals surface area (Å²) in [5.74, 6) is 0.324. The van der Waals surface area contributed by atoms with Crippen molar-refractivity contribution < 1.29 is 12.8 Å². The highest BCUT2D eigenvalue weighted by Gasteiger charge is 2.42. The van der Waals surface area contributed by atoms with Crippen molar-refractivity contribution in [3.8, 4) is 21.8 Å². The van der Waals surface area contributed by atoms with Gasteiger partial charge in [0.15, 0.2) is 12.2 Å². The standard InChI is InChI=1S/C17H16ClN5O3S2/c1-17(8-28(24,25)23(2)16(19)22-17)15-12(18)4-14(27-15)11-3-10(5-20-6-11)13-7-21-9-26-13/h3-7,9H,8H2,1-2H3,(H2,19,22)/t17-/m0/s1. The van der Waals surface area contributed by atoms with Gasteiger partial charge in [-0.25, -0.2) is 22.7 Å². The second kappa shape index (κ2) is 6.57. The summed E-state index contributed by atoms with van der Waals surface area (Å²) in [5.41, 5.74) is 6.37. The zero-order valence-corrected chi connectivity index (χ0v) is 17.3. The molecule has 0 aromatic carbocycles. The molecule has 0 amide bonds. The number of hydrogen-bond donors (Lipinski definition) is 1. The summed E-state index contributed by atoms with van der Waals surface area (Å²) < 4.78 is 31.2. The van der Waals surface area contributed by atoms with E-state index in [4.69, 9.17) is 21.8 Å². The Balaban J connectivity index is 1.77. The lowest BCUT2D eigenvalue weighted by molar-refractivity contribution is 0.482. The van der Waals surface area contributed by atoms with Gasteiger partial charge in [-0.05, 0) is 19.1 Å². The third-order valence-corrected chi connectivity index (χ3v) is 8.28. The second-order valence-electron chi connectivity index (χ2n) is 6.58. The minimum Gasteiger partial charge on any atom is -0.443 e. The number of aromatic nitrogens is 2. The molecule has 1 aliphatic heterocycles. The molecule has 0 aliphatic carbocycles. The summed E-state index contributed by atoms with van der Waals surface area (Å²) in [6.45, 7) is 1.72. The van der Waals surface area contributed by atoms with Crippen LogP contribution >= 0.6 is 22.9 Å². The molecule has 4 heterocycles. The first-order valence-electron chi connectivity index (χ1n) is 8.16. The minimum absolute atomic E-state index is 0.0613. The third kappa shape index (κ3) is 3.17. The van der Waals surface area contributed by atoms with Crippen LogP contribution in [0.1, 0.15) is 11.8 Å². The summed E-state index contributed by atoms with van der Waals surface area (Å²) in [4.78, 5) is 14.1. The van der Waals surface area contributed by atoms with Crippen LogP contribution in [-0.4, -0.2) is 41.5 Å². The normalized spacial score (nSPS) is 21.5. The molecule has 3 aromatic rings. The number of oxazole rings is 1. The van der Waals surface area contributed by atoms with Gasteiger partial charge < -0.3 is 10.2 Å². The van der Waals surface area contributed by atoms with Crippen molar-refractivity contribution in [3.05, 3.63) is 47.0 Å². The first-order valence-corrected chi connectivity index (χ1v) is 11.0. The Bertz CT molecular complexity index is 1170. The maximum Gasteiger partial charge on any atom is 0.239 e. The predicted molar refractivity (Wildman–Crippen MR) is 109 cm³/mol. The summed E-state index contributed by atoms with van der Waals surface area (Å²) >= 11 is 7.84. The molecule has 1 atom stereocenters. The predicted octanol–water partition coefficient (Wildman–Crippen LogP) is 2.92. The van der Waals surface area contributed by atoms with Crippen LogP contribution in [0.2, 0.25) is 5.02 Å². The molecule has 0 saturated carbocycles. The highest BCUT2D eigenvalue weighted by molar-refractivity contribution is 7.89. The molecule has 0 radical (unpaired) electrons. The van der Waals surface area contributed by atoms with Crippen LogP contribution in [0.15, 0.2) is 46.5 Å². The van der Waals surface area contributed by atoms with Gasteiger partial charge in [0.2, 0.25) is 16.0 Å². The fourth-order valence-corrected chi connectivity index (χ4v) is 6.16. The second-order valence-corrected chi connectivity index (χ2v) is 10.0. The van der Waals surface area contributed by atoms with E-state index >= 15 is 0 Å². The van der Waals surface area contributed by atoms with Gasteiger partial charge in [-0.1, -0.05) is 11.6 Å².